The van der Waals surface area contributed by atoms with Gasteiger partial charge in [0.2, 0.25) is 0 Å². The normalized spacial score (nSPS) is 17.7. The highest BCUT2D eigenvalue weighted by molar-refractivity contribution is 8.01. The Kier molecular flexibility index (Phi) is 3.95. The van der Waals surface area contributed by atoms with Crippen LogP contribution < -0.4 is 0 Å². The Hall–Kier alpha value is -1.75. The smallest absolute Gasteiger partial charge is 0.349 e. The fourth-order valence-corrected chi connectivity index (χ4v) is 2.38. The predicted molar refractivity (Wildman–Crippen MR) is 72.1 cm³/mol. The Bertz CT molecular complexity index is 498. The molecule has 1 heterocycles. The van der Waals surface area contributed by atoms with Gasteiger partial charge in [0.1, 0.15) is 0 Å². The number of hydrogen-bond donors (Lipinski definition) is 0. The number of hydrogen-bond acceptors (Lipinski definition) is 5. The molecule has 0 aliphatic carbocycles. The van der Waals surface area contributed by atoms with E-state index >= 15 is 0 Å². The molecule has 5 heteroatoms. The molecule has 0 radical (unpaired) electrons. The number of cyclic esters (lactones) is 2. The van der Waals surface area contributed by atoms with Crippen LogP contribution >= 0.6 is 11.8 Å². The van der Waals surface area contributed by atoms with E-state index in [2.05, 4.69) is 0 Å². The Morgan fingerprint density at radius 3 is 2.26 bits per heavy atom. The molecule has 1 saturated heterocycles. The summed E-state index contributed by atoms with van der Waals surface area (Å²) in [6.07, 6.45) is 0. The Morgan fingerprint density at radius 2 is 1.68 bits per heavy atom. The van der Waals surface area contributed by atoms with Crippen molar-refractivity contribution in [3.8, 4) is 0 Å². The first-order valence-corrected chi connectivity index (χ1v) is 6.85. The van der Waals surface area contributed by atoms with E-state index in [4.69, 9.17) is 9.47 Å². The van der Waals surface area contributed by atoms with E-state index in [9.17, 15) is 9.59 Å². The highest BCUT2D eigenvalue weighted by Gasteiger charge is 2.38. The average molecular weight is 278 g/mol. The topological polar surface area (TPSA) is 52.6 Å². The van der Waals surface area contributed by atoms with E-state index in [1.807, 2.05) is 30.3 Å². The number of carbonyl (C=O) groups excluding carboxylic acids is 2. The summed E-state index contributed by atoms with van der Waals surface area (Å²) in [5.41, 5.74) is 1.06. The standard InChI is InChI=1S/C14H14O4S/c1-14(2)17-12(15)11(13(16)18-14)9-19-8-10-6-4-3-5-7-10/h3-7,9H,8H2,1-2H3. The Morgan fingerprint density at radius 1 is 1.11 bits per heavy atom. The number of rotatable bonds is 3. The predicted octanol–water partition coefficient (Wildman–Crippen LogP) is 2.64. The van der Waals surface area contributed by atoms with Gasteiger partial charge < -0.3 is 9.47 Å². The summed E-state index contributed by atoms with van der Waals surface area (Å²) >= 11 is 1.36. The molecule has 19 heavy (non-hydrogen) atoms. The zero-order valence-corrected chi connectivity index (χ0v) is 11.5. The highest BCUT2D eigenvalue weighted by Crippen LogP contribution is 2.25. The van der Waals surface area contributed by atoms with Crippen LogP contribution in [-0.2, 0) is 24.8 Å². The second-order valence-electron chi connectivity index (χ2n) is 4.51. The quantitative estimate of drug-likeness (QED) is 0.483. The molecule has 4 nitrogen and oxygen atoms in total. The molecule has 0 atom stereocenters. The van der Waals surface area contributed by atoms with Crippen LogP contribution in [0.2, 0.25) is 0 Å². The minimum atomic E-state index is -1.18. The zero-order valence-electron chi connectivity index (χ0n) is 10.7. The van der Waals surface area contributed by atoms with Crippen LogP contribution in [-0.4, -0.2) is 17.7 Å². The van der Waals surface area contributed by atoms with E-state index in [-0.39, 0.29) is 5.57 Å². The minimum absolute atomic E-state index is 0.0553. The second-order valence-corrected chi connectivity index (χ2v) is 5.36. The molecule has 0 amide bonds. The molecule has 1 aromatic carbocycles. The maximum atomic E-state index is 11.7. The Labute approximate surface area is 115 Å². The van der Waals surface area contributed by atoms with Gasteiger partial charge in [0.15, 0.2) is 5.57 Å². The molecule has 100 valence electrons. The summed E-state index contributed by atoms with van der Waals surface area (Å²) in [5.74, 6) is -1.78. The molecule has 1 fully saturated rings. The fourth-order valence-electron chi connectivity index (χ4n) is 1.55. The first-order valence-electron chi connectivity index (χ1n) is 5.80. The molecule has 1 aliphatic heterocycles. The van der Waals surface area contributed by atoms with E-state index in [1.165, 1.54) is 31.0 Å². The van der Waals surface area contributed by atoms with Gasteiger partial charge in [-0.3, -0.25) is 0 Å². The number of benzene rings is 1. The first-order chi connectivity index (χ1) is 8.98. The minimum Gasteiger partial charge on any atom is -0.419 e. The molecule has 0 bridgehead atoms. The van der Waals surface area contributed by atoms with E-state index in [0.717, 1.165) is 5.56 Å². The van der Waals surface area contributed by atoms with Crippen molar-refractivity contribution in [2.24, 2.45) is 0 Å². The van der Waals surface area contributed by atoms with Crippen molar-refractivity contribution in [1.29, 1.82) is 0 Å². The lowest BCUT2D eigenvalue weighted by molar-refractivity contribution is -0.222. The van der Waals surface area contributed by atoms with Crippen molar-refractivity contribution in [1.82, 2.24) is 0 Å². The van der Waals surface area contributed by atoms with E-state index in [1.54, 1.807) is 0 Å². The molecule has 0 saturated carbocycles. The van der Waals surface area contributed by atoms with Gasteiger partial charge >= 0.3 is 11.9 Å². The van der Waals surface area contributed by atoms with E-state index in [0.29, 0.717) is 5.75 Å². The van der Waals surface area contributed by atoms with Crippen LogP contribution in [0.5, 0.6) is 0 Å². The van der Waals surface area contributed by atoms with Crippen molar-refractivity contribution in [2.45, 2.75) is 25.4 Å². The van der Waals surface area contributed by atoms with Crippen LogP contribution in [0.4, 0.5) is 0 Å². The van der Waals surface area contributed by atoms with Crippen LogP contribution in [0.15, 0.2) is 41.3 Å². The maximum Gasteiger partial charge on any atom is 0.349 e. The lowest BCUT2D eigenvalue weighted by Gasteiger charge is -2.29. The van der Waals surface area contributed by atoms with Crippen molar-refractivity contribution in [2.75, 3.05) is 0 Å². The van der Waals surface area contributed by atoms with Gasteiger partial charge in [0, 0.05) is 19.6 Å². The first kappa shape index (κ1) is 13.7. The highest BCUT2D eigenvalue weighted by atomic mass is 32.2. The summed E-state index contributed by atoms with van der Waals surface area (Å²) in [5, 5.41) is 1.49. The van der Waals surface area contributed by atoms with Gasteiger partial charge in [-0.1, -0.05) is 30.3 Å². The van der Waals surface area contributed by atoms with Crippen molar-refractivity contribution >= 4 is 23.7 Å². The summed E-state index contributed by atoms with van der Waals surface area (Å²) in [6.45, 7) is 3.05. The summed E-state index contributed by atoms with van der Waals surface area (Å²) in [4.78, 5) is 23.3. The van der Waals surface area contributed by atoms with Gasteiger partial charge in [-0.25, -0.2) is 9.59 Å². The van der Waals surface area contributed by atoms with Crippen LogP contribution in [0.1, 0.15) is 19.4 Å². The van der Waals surface area contributed by atoms with Crippen molar-refractivity contribution < 1.29 is 19.1 Å². The second kappa shape index (κ2) is 5.48. The number of ether oxygens (including phenoxy) is 2. The zero-order chi connectivity index (χ0) is 13.9. The number of carbonyl (C=O) groups is 2. The lowest BCUT2D eigenvalue weighted by Crippen LogP contribution is -2.41. The Balaban J connectivity index is 2.00. The van der Waals surface area contributed by atoms with Gasteiger partial charge in [0.05, 0.1) is 0 Å². The monoisotopic (exact) mass is 278 g/mol. The fraction of sp³-hybridized carbons (Fsp3) is 0.286. The van der Waals surface area contributed by atoms with Gasteiger partial charge in [-0.15, -0.1) is 11.8 Å². The van der Waals surface area contributed by atoms with Crippen LogP contribution in [0.25, 0.3) is 0 Å². The molecule has 1 aromatic rings. The molecular weight excluding hydrogens is 264 g/mol. The van der Waals surface area contributed by atoms with Crippen LogP contribution in [0, 0.1) is 0 Å². The molecular formula is C14H14O4S. The number of thioether (sulfide) groups is 1. The largest absolute Gasteiger partial charge is 0.419 e. The third-order valence-electron chi connectivity index (χ3n) is 2.41. The third kappa shape index (κ3) is 3.61. The molecule has 0 unspecified atom stereocenters. The SMILES string of the molecule is CC1(C)OC(=O)C(=CSCc2ccccc2)C(=O)O1. The summed E-state index contributed by atoms with van der Waals surface area (Å²) in [6, 6.07) is 9.77. The van der Waals surface area contributed by atoms with Crippen LogP contribution in [0.3, 0.4) is 0 Å². The lowest BCUT2D eigenvalue weighted by atomic mass is 10.2. The van der Waals surface area contributed by atoms with Gasteiger partial charge in [-0.2, -0.15) is 0 Å². The average Bonchev–Trinajstić information content (AvgIpc) is 2.32. The van der Waals surface area contributed by atoms with E-state index < -0.39 is 17.7 Å². The molecule has 1 aliphatic rings. The van der Waals surface area contributed by atoms with Gasteiger partial charge in [-0.05, 0) is 11.0 Å². The van der Waals surface area contributed by atoms with Gasteiger partial charge in [0.25, 0.3) is 5.79 Å². The molecule has 0 N–H and O–H groups in total. The third-order valence-corrected chi connectivity index (χ3v) is 3.31. The number of esters is 2. The molecule has 0 spiro atoms. The summed E-state index contributed by atoms with van der Waals surface area (Å²) < 4.78 is 9.99. The van der Waals surface area contributed by atoms with Crippen molar-refractivity contribution in [3.05, 3.63) is 46.9 Å². The van der Waals surface area contributed by atoms with Crippen molar-refractivity contribution in [3.63, 3.8) is 0 Å². The molecule has 2 rings (SSSR count). The summed E-state index contributed by atoms with van der Waals surface area (Å²) in [7, 11) is 0. The maximum absolute atomic E-state index is 11.7. The molecule has 0 aromatic heterocycles.